The molecule has 1 aromatic heterocycles. The molecule has 4 saturated heterocycles. The molecule has 0 unspecified atom stereocenters. The van der Waals surface area contributed by atoms with Gasteiger partial charge in [0.15, 0.2) is 0 Å². The Bertz CT molecular complexity index is 1020. The Balaban J connectivity index is 0.950. The summed E-state index contributed by atoms with van der Waals surface area (Å²) in [6.07, 6.45) is 6.76. The number of benzene rings is 1. The van der Waals surface area contributed by atoms with Crippen LogP contribution >= 0.6 is 0 Å². The van der Waals surface area contributed by atoms with Gasteiger partial charge in [-0.05, 0) is 69.3 Å². The summed E-state index contributed by atoms with van der Waals surface area (Å²) in [6, 6.07) is 6.07. The molecular weight excluding hydrogens is 439 g/mol. The van der Waals surface area contributed by atoms with Crippen LogP contribution in [0.5, 0.6) is 5.75 Å². The molecule has 2 aromatic rings. The van der Waals surface area contributed by atoms with E-state index in [1.54, 1.807) is 6.07 Å². The van der Waals surface area contributed by atoms with Gasteiger partial charge in [0.2, 0.25) is 6.39 Å². The minimum Gasteiger partial charge on any atom is -0.490 e. The fraction of sp³-hybridized carbons (Fsp3) is 0.680. The maximum absolute atomic E-state index is 14.2. The van der Waals surface area contributed by atoms with Crippen molar-refractivity contribution in [2.24, 2.45) is 5.41 Å². The zero-order valence-electron chi connectivity index (χ0n) is 19.3. The molecule has 9 heteroatoms. The number of hydrogen-bond acceptors (Lipinski definition) is 8. The quantitative estimate of drug-likeness (QED) is 0.661. The summed E-state index contributed by atoms with van der Waals surface area (Å²) in [6.45, 7) is 6.11. The van der Waals surface area contributed by atoms with Gasteiger partial charge in [0.25, 0.3) is 0 Å². The number of aromatic nitrogens is 2. The van der Waals surface area contributed by atoms with Crippen LogP contribution in [0.15, 0.2) is 29.0 Å². The summed E-state index contributed by atoms with van der Waals surface area (Å²) < 4.78 is 37.5. The maximum Gasteiger partial charge on any atom is 0.318 e. The van der Waals surface area contributed by atoms with Crippen molar-refractivity contribution in [3.8, 4) is 5.75 Å². The number of piperidine rings is 1. The molecular formula is C25H31FN4O4. The third-order valence-corrected chi connectivity index (χ3v) is 8.66. The van der Waals surface area contributed by atoms with Crippen LogP contribution in [0.4, 0.5) is 10.4 Å². The van der Waals surface area contributed by atoms with E-state index in [1.807, 2.05) is 6.07 Å². The standard InChI is InChI=1S/C25H31FN4O4/c26-18-1-2-22(34-20-9-24(10-20)14-31-15-24)21(7-18)17-3-5-29(6-4-17)19-8-25(33-11-19)12-30(13-25)23-28-27-16-32-23/h1-2,7,16-17,19-20H,3-6,8-15H2/t19-/m0/s1. The van der Waals surface area contributed by atoms with Crippen LogP contribution in [0.1, 0.15) is 43.6 Å². The lowest BCUT2D eigenvalue weighted by Gasteiger charge is -2.52. The van der Waals surface area contributed by atoms with Crippen molar-refractivity contribution in [2.75, 3.05) is 50.9 Å². The highest BCUT2D eigenvalue weighted by Gasteiger charge is 2.53. The zero-order valence-corrected chi connectivity index (χ0v) is 19.3. The second-order valence-corrected chi connectivity index (χ2v) is 11.1. The minimum absolute atomic E-state index is 0.0921. The third kappa shape index (κ3) is 3.60. The first-order chi connectivity index (χ1) is 16.6. The van der Waals surface area contributed by atoms with Gasteiger partial charge in [-0.3, -0.25) is 4.90 Å². The van der Waals surface area contributed by atoms with Crippen LogP contribution in [0, 0.1) is 11.2 Å². The van der Waals surface area contributed by atoms with E-state index >= 15 is 0 Å². The number of anilines is 1. The molecule has 8 nitrogen and oxygen atoms in total. The predicted molar refractivity (Wildman–Crippen MR) is 120 cm³/mol. The molecule has 0 radical (unpaired) electrons. The molecule has 4 aliphatic heterocycles. The van der Waals surface area contributed by atoms with Crippen molar-refractivity contribution >= 4 is 6.01 Å². The molecule has 34 heavy (non-hydrogen) atoms. The molecule has 0 bridgehead atoms. The lowest BCUT2D eigenvalue weighted by Crippen LogP contribution is -2.62. The van der Waals surface area contributed by atoms with E-state index in [1.165, 1.54) is 12.5 Å². The molecule has 7 rings (SSSR count). The van der Waals surface area contributed by atoms with Gasteiger partial charge in [0.05, 0.1) is 32.9 Å². The summed E-state index contributed by atoms with van der Waals surface area (Å²) in [5.41, 5.74) is 1.31. The molecule has 2 spiro atoms. The normalized spacial score (nSPS) is 28.6. The number of nitrogens with zero attached hydrogens (tertiary/aromatic N) is 4. The summed E-state index contributed by atoms with van der Waals surface area (Å²) in [7, 11) is 0. The van der Waals surface area contributed by atoms with Gasteiger partial charge < -0.3 is 23.5 Å². The highest BCUT2D eigenvalue weighted by atomic mass is 19.1. The van der Waals surface area contributed by atoms with Gasteiger partial charge in [-0.2, -0.15) is 0 Å². The highest BCUT2D eigenvalue weighted by Crippen LogP contribution is 2.49. The number of rotatable bonds is 5. The smallest absolute Gasteiger partial charge is 0.318 e. The van der Waals surface area contributed by atoms with Crippen molar-refractivity contribution in [3.63, 3.8) is 0 Å². The van der Waals surface area contributed by atoms with E-state index in [4.69, 9.17) is 18.6 Å². The minimum atomic E-state index is -0.177. The first-order valence-electron chi connectivity index (χ1n) is 12.5. The lowest BCUT2D eigenvalue weighted by atomic mass is 9.65. The van der Waals surface area contributed by atoms with E-state index in [0.29, 0.717) is 23.4 Å². The van der Waals surface area contributed by atoms with Crippen molar-refractivity contribution in [3.05, 3.63) is 36.0 Å². The Morgan fingerprint density at radius 2 is 1.91 bits per heavy atom. The van der Waals surface area contributed by atoms with Crippen LogP contribution in [0.3, 0.4) is 0 Å². The Morgan fingerprint density at radius 3 is 2.62 bits per heavy atom. The predicted octanol–water partition coefficient (Wildman–Crippen LogP) is 2.99. The van der Waals surface area contributed by atoms with Gasteiger partial charge in [0.1, 0.15) is 23.3 Å². The molecule has 1 aromatic carbocycles. The Kier molecular flexibility index (Phi) is 4.90. The first-order valence-corrected chi connectivity index (χ1v) is 12.5. The summed E-state index contributed by atoms with van der Waals surface area (Å²) >= 11 is 0. The SMILES string of the molecule is Fc1ccc(OC2CC3(COC3)C2)c(C2CCN([C@@H]3COC4(C3)CN(c3nnco3)C4)CC2)c1. The van der Waals surface area contributed by atoms with Crippen molar-refractivity contribution in [1.82, 2.24) is 15.1 Å². The van der Waals surface area contributed by atoms with Crippen LogP contribution < -0.4 is 9.64 Å². The van der Waals surface area contributed by atoms with E-state index < -0.39 is 0 Å². The molecule has 5 fully saturated rings. The average Bonchev–Trinajstić information content (AvgIpc) is 3.45. The third-order valence-electron chi connectivity index (χ3n) is 8.66. The van der Waals surface area contributed by atoms with Gasteiger partial charge >= 0.3 is 6.01 Å². The van der Waals surface area contributed by atoms with Crippen LogP contribution in [0.2, 0.25) is 0 Å². The molecule has 1 saturated carbocycles. The van der Waals surface area contributed by atoms with Crippen molar-refractivity contribution < 1.29 is 23.0 Å². The fourth-order valence-electron chi connectivity index (χ4n) is 6.68. The van der Waals surface area contributed by atoms with Crippen LogP contribution in [0.25, 0.3) is 0 Å². The van der Waals surface area contributed by atoms with E-state index in [2.05, 4.69) is 20.0 Å². The maximum atomic E-state index is 14.2. The first kappa shape index (κ1) is 21.1. The molecule has 5 heterocycles. The molecule has 182 valence electrons. The monoisotopic (exact) mass is 470 g/mol. The second kappa shape index (κ2) is 7.90. The molecule has 0 N–H and O–H groups in total. The fourth-order valence-corrected chi connectivity index (χ4v) is 6.68. The second-order valence-electron chi connectivity index (χ2n) is 11.1. The van der Waals surface area contributed by atoms with Gasteiger partial charge in [-0.1, -0.05) is 5.10 Å². The summed E-state index contributed by atoms with van der Waals surface area (Å²) in [4.78, 5) is 4.64. The largest absolute Gasteiger partial charge is 0.490 e. The summed E-state index contributed by atoms with van der Waals surface area (Å²) in [5, 5.41) is 7.76. The van der Waals surface area contributed by atoms with Crippen LogP contribution in [-0.2, 0) is 9.47 Å². The van der Waals surface area contributed by atoms with Crippen LogP contribution in [-0.4, -0.2) is 78.8 Å². The van der Waals surface area contributed by atoms with Crippen molar-refractivity contribution in [2.45, 2.75) is 55.8 Å². The Labute approximate surface area is 198 Å². The van der Waals surface area contributed by atoms with E-state index in [0.717, 1.165) is 89.4 Å². The summed E-state index contributed by atoms with van der Waals surface area (Å²) in [5.74, 6) is 1.03. The Morgan fingerprint density at radius 1 is 1.09 bits per heavy atom. The molecule has 0 amide bonds. The van der Waals surface area contributed by atoms with Gasteiger partial charge in [0, 0.05) is 17.0 Å². The molecule has 1 atom stereocenters. The topological polar surface area (TPSA) is 73.1 Å². The number of ether oxygens (including phenoxy) is 3. The Hall–Kier alpha value is -2.23. The zero-order chi connectivity index (χ0) is 22.8. The van der Waals surface area contributed by atoms with Gasteiger partial charge in [-0.25, -0.2) is 4.39 Å². The van der Waals surface area contributed by atoms with Crippen molar-refractivity contribution in [1.29, 1.82) is 0 Å². The molecule has 5 aliphatic rings. The van der Waals surface area contributed by atoms with E-state index in [9.17, 15) is 4.39 Å². The van der Waals surface area contributed by atoms with Gasteiger partial charge in [-0.15, -0.1) is 5.10 Å². The number of halogens is 1. The lowest BCUT2D eigenvalue weighted by molar-refractivity contribution is -0.191. The van der Waals surface area contributed by atoms with E-state index in [-0.39, 0.29) is 17.5 Å². The average molecular weight is 471 g/mol. The number of hydrogen-bond donors (Lipinski definition) is 0. The molecule has 1 aliphatic carbocycles. The number of likely N-dealkylation sites (tertiary alicyclic amines) is 1. The highest BCUT2D eigenvalue weighted by molar-refractivity contribution is 5.38.